The summed E-state index contributed by atoms with van der Waals surface area (Å²) in [6.07, 6.45) is 3.94. The topological polar surface area (TPSA) is 77.4 Å². The maximum Gasteiger partial charge on any atom is 0.163 e. The zero-order chi connectivity index (χ0) is 13.9. The Labute approximate surface area is 118 Å². The van der Waals surface area contributed by atoms with Crippen molar-refractivity contribution in [1.82, 2.24) is 30.4 Å². The molecule has 0 aromatic carbocycles. The number of hydrogen-bond acceptors (Lipinski definition) is 6. The highest BCUT2D eigenvalue weighted by Crippen LogP contribution is 2.24. The molecule has 1 aromatic heterocycles. The van der Waals surface area contributed by atoms with Gasteiger partial charge in [-0.3, -0.25) is 9.47 Å². The SMILES string of the molecule is CNCc1nc2n(c1CO)C(N1CCNCC1)NC=C2. The number of nitrogens with zero attached hydrogens (tertiary/aromatic N) is 3. The van der Waals surface area contributed by atoms with Crippen LogP contribution >= 0.6 is 0 Å². The lowest BCUT2D eigenvalue weighted by Crippen LogP contribution is -2.51. The third-order valence-corrected chi connectivity index (χ3v) is 3.83. The molecule has 3 heterocycles. The molecule has 0 amide bonds. The number of imidazole rings is 1. The van der Waals surface area contributed by atoms with Gasteiger partial charge in [0.15, 0.2) is 6.29 Å². The largest absolute Gasteiger partial charge is 0.390 e. The zero-order valence-electron chi connectivity index (χ0n) is 11.8. The number of nitrogens with one attached hydrogen (secondary N) is 3. The Hall–Kier alpha value is -1.41. The van der Waals surface area contributed by atoms with Crippen LogP contribution in [-0.4, -0.2) is 52.8 Å². The summed E-state index contributed by atoms with van der Waals surface area (Å²) in [5.41, 5.74) is 1.80. The van der Waals surface area contributed by atoms with Crippen LogP contribution in [0.25, 0.3) is 6.08 Å². The number of aliphatic hydroxyl groups excluding tert-OH is 1. The van der Waals surface area contributed by atoms with Crippen LogP contribution in [0, 0.1) is 0 Å². The average Bonchev–Trinajstić information content (AvgIpc) is 2.85. The zero-order valence-corrected chi connectivity index (χ0v) is 11.8. The Balaban J connectivity index is 1.95. The lowest BCUT2D eigenvalue weighted by Gasteiger charge is -2.38. The second kappa shape index (κ2) is 5.92. The molecule has 1 saturated heterocycles. The summed E-state index contributed by atoms with van der Waals surface area (Å²) < 4.78 is 2.11. The summed E-state index contributed by atoms with van der Waals surface area (Å²) in [4.78, 5) is 7.00. The molecule has 0 aliphatic carbocycles. The Kier molecular flexibility index (Phi) is 4.02. The van der Waals surface area contributed by atoms with Gasteiger partial charge in [-0.15, -0.1) is 0 Å². The van der Waals surface area contributed by atoms with Crippen LogP contribution in [-0.2, 0) is 13.2 Å². The van der Waals surface area contributed by atoms with Crippen molar-refractivity contribution in [1.29, 1.82) is 0 Å². The molecule has 1 aromatic rings. The second-order valence-electron chi connectivity index (χ2n) is 5.08. The van der Waals surface area contributed by atoms with E-state index >= 15 is 0 Å². The standard InChI is InChI=1S/C13H22N6O/c1-14-8-10-11(9-20)19-12(17-10)2-3-16-13(19)18-6-4-15-5-7-18/h2-3,13-16,20H,4-9H2,1H3. The molecule has 1 atom stereocenters. The third kappa shape index (κ3) is 2.33. The van der Waals surface area contributed by atoms with E-state index in [0.717, 1.165) is 43.4 Å². The fourth-order valence-corrected chi connectivity index (χ4v) is 2.88. The minimum absolute atomic E-state index is 0.00211. The molecular formula is C13H22N6O. The van der Waals surface area contributed by atoms with E-state index < -0.39 is 0 Å². The molecule has 110 valence electrons. The van der Waals surface area contributed by atoms with Crippen molar-refractivity contribution in [2.24, 2.45) is 0 Å². The number of aromatic nitrogens is 2. The molecule has 7 nitrogen and oxygen atoms in total. The first-order valence-electron chi connectivity index (χ1n) is 7.08. The minimum atomic E-state index is 0.00211. The van der Waals surface area contributed by atoms with Gasteiger partial charge >= 0.3 is 0 Å². The van der Waals surface area contributed by atoms with Gasteiger partial charge in [-0.05, 0) is 13.1 Å². The summed E-state index contributed by atoms with van der Waals surface area (Å²) in [5, 5.41) is 19.6. The fraction of sp³-hybridized carbons (Fsp3) is 0.615. The highest BCUT2D eigenvalue weighted by atomic mass is 16.3. The number of piperazine rings is 1. The van der Waals surface area contributed by atoms with Crippen molar-refractivity contribution in [2.45, 2.75) is 19.4 Å². The molecule has 0 spiro atoms. The van der Waals surface area contributed by atoms with Crippen LogP contribution in [0.15, 0.2) is 6.20 Å². The van der Waals surface area contributed by atoms with Crippen molar-refractivity contribution < 1.29 is 5.11 Å². The number of fused-ring (bicyclic) bond motifs is 1. The van der Waals surface area contributed by atoms with Crippen LogP contribution in [0.5, 0.6) is 0 Å². The number of rotatable bonds is 4. The van der Waals surface area contributed by atoms with Gasteiger partial charge in [0.1, 0.15) is 5.82 Å². The van der Waals surface area contributed by atoms with Crippen molar-refractivity contribution in [3.63, 3.8) is 0 Å². The van der Waals surface area contributed by atoms with Gasteiger partial charge in [-0.2, -0.15) is 0 Å². The quantitative estimate of drug-likeness (QED) is 0.568. The minimum Gasteiger partial charge on any atom is -0.390 e. The highest BCUT2D eigenvalue weighted by molar-refractivity contribution is 5.45. The van der Waals surface area contributed by atoms with Crippen LogP contribution < -0.4 is 16.0 Å². The molecule has 0 saturated carbocycles. The molecule has 1 fully saturated rings. The van der Waals surface area contributed by atoms with Gasteiger partial charge < -0.3 is 21.1 Å². The predicted molar refractivity (Wildman–Crippen MR) is 76.6 cm³/mol. The van der Waals surface area contributed by atoms with Crippen molar-refractivity contribution >= 4 is 6.08 Å². The van der Waals surface area contributed by atoms with Crippen LogP contribution in [0.2, 0.25) is 0 Å². The molecule has 0 bridgehead atoms. The van der Waals surface area contributed by atoms with E-state index in [0.29, 0.717) is 6.54 Å². The summed E-state index contributed by atoms with van der Waals surface area (Å²) in [6, 6.07) is 0. The molecule has 2 aliphatic rings. The van der Waals surface area contributed by atoms with E-state index in [-0.39, 0.29) is 12.9 Å². The number of hydrogen-bond donors (Lipinski definition) is 4. The maximum absolute atomic E-state index is 9.73. The highest BCUT2D eigenvalue weighted by Gasteiger charge is 2.28. The van der Waals surface area contributed by atoms with E-state index in [2.05, 4.69) is 30.4 Å². The fourth-order valence-electron chi connectivity index (χ4n) is 2.88. The maximum atomic E-state index is 9.73. The predicted octanol–water partition coefficient (Wildman–Crippen LogP) is -0.970. The third-order valence-electron chi connectivity index (χ3n) is 3.83. The van der Waals surface area contributed by atoms with E-state index in [4.69, 9.17) is 0 Å². The van der Waals surface area contributed by atoms with Crippen molar-refractivity contribution in [3.05, 3.63) is 23.4 Å². The molecule has 1 unspecified atom stereocenters. The van der Waals surface area contributed by atoms with Crippen LogP contribution in [0.3, 0.4) is 0 Å². The van der Waals surface area contributed by atoms with E-state index in [1.54, 1.807) is 0 Å². The Morgan fingerprint density at radius 2 is 2.25 bits per heavy atom. The van der Waals surface area contributed by atoms with E-state index in [9.17, 15) is 5.11 Å². The van der Waals surface area contributed by atoms with Crippen molar-refractivity contribution in [3.8, 4) is 0 Å². The van der Waals surface area contributed by atoms with Gasteiger partial charge in [0, 0.05) is 38.9 Å². The molecular weight excluding hydrogens is 256 g/mol. The monoisotopic (exact) mass is 278 g/mol. The van der Waals surface area contributed by atoms with E-state index in [1.165, 1.54) is 0 Å². The smallest absolute Gasteiger partial charge is 0.163 e. The molecule has 7 heteroatoms. The van der Waals surface area contributed by atoms with Gasteiger partial charge in [-0.25, -0.2) is 4.98 Å². The molecule has 4 N–H and O–H groups in total. The lowest BCUT2D eigenvalue weighted by atomic mass is 10.3. The van der Waals surface area contributed by atoms with Crippen molar-refractivity contribution in [2.75, 3.05) is 33.2 Å². The summed E-state index contributed by atoms with van der Waals surface area (Å²) in [5.74, 6) is 0.904. The number of aliphatic hydroxyl groups is 1. The van der Waals surface area contributed by atoms with Gasteiger partial charge in [0.05, 0.1) is 18.0 Å². The first kappa shape index (κ1) is 13.6. The lowest BCUT2D eigenvalue weighted by molar-refractivity contribution is 0.0952. The molecule has 20 heavy (non-hydrogen) atoms. The molecule has 2 aliphatic heterocycles. The van der Waals surface area contributed by atoms with Crippen LogP contribution in [0.1, 0.15) is 23.5 Å². The second-order valence-corrected chi connectivity index (χ2v) is 5.08. The van der Waals surface area contributed by atoms with Gasteiger partial charge in [0.25, 0.3) is 0 Å². The molecule has 3 rings (SSSR count). The Morgan fingerprint density at radius 3 is 2.95 bits per heavy atom. The first-order valence-corrected chi connectivity index (χ1v) is 7.08. The Morgan fingerprint density at radius 1 is 1.45 bits per heavy atom. The average molecular weight is 278 g/mol. The van der Waals surface area contributed by atoms with Gasteiger partial charge in [0.2, 0.25) is 0 Å². The van der Waals surface area contributed by atoms with E-state index in [1.807, 2.05) is 19.3 Å². The summed E-state index contributed by atoms with van der Waals surface area (Å²) >= 11 is 0. The van der Waals surface area contributed by atoms with Crippen LogP contribution in [0.4, 0.5) is 0 Å². The Bertz CT molecular complexity index is 491. The molecule has 0 radical (unpaired) electrons. The first-order chi connectivity index (χ1) is 9.85. The normalized spacial score (nSPS) is 22.6. The summed E-state index contributed by atoms with van der Waals surface area (Å²) in [6.45, 7) is 4.61. The summed E-state index contributed by atoms with van der Waals surface area (Å²) in [7, 11) is 1.89. The van der Waals surface area contributed by atoms with Gasteiger partial charge in [-0.1, -0.05) is 0 Å².